The summed E-state index contributed by atoms with van der Waals surface area (Å²) in [5.41, 5.74) is 3.34. The van der Waals surface area contributed by atoms with Crippen LogP contribution < -0.4 is 10.1 Å². The standard InChI is InChI=1S/C20H22N2O2/c1-15-12-17-7-3-4-9-19(17)22(15)14-20(23)21-11-10-16-6-5-8-18(13-16)24-2/h3-9,12-13H,10-11,14H2,1-2H3,(H,21,23). The molecule has 2 aromatic carbocycles. The normalized spacial score (nSPS) is 10.8. The van der Waals surface area contributed by atoms with E-state index in [1.807, 2.05) is 49.4 Å². The SMILES string of the molecule is COc1cccc(CCNC(=O)Cn2c(C)cc3ccccc32)c1. The number of carbonyl (C=O) groups is 1. The second-order valence-corrected chi connectivity index (χ2v) is 5.88. The third-order valence-corrected chi connectivity index (χ3v) is 4.19. The van der Waals surface area contributed by atoms with Crippen molar-refractivity contribution in [1.29, 1.82) is 0 Å². The van der Waals surface area contributed by atoms with Gasteiger partial charge in [-0.1, -0.05) is 30.3 Å². The van der Waals surface area contributed by atoms with Crippen LogP contribution in [0.15, 0.2) is 54.6 Å². The van der Waals surface area contributed by atoms with E-state index >= 15 is 0 Å². The molecule has 0 bridgehead atoms. The molecule has 0 saturated heterocycles. The maximum atomic E-state index is 12.3. The lowest BCUT2D eigenvalue weighted by molar-refractivity contribution is -0.121. The van der Waals surface area contributed by atoms with Crippen LogP contribution in [0.25, 0.3) is 10.9 Å². The third-order valence-electron chi connectivity index (χ3n) is 4.19. The fraction of sp³-hybridized carbons (Fsp3) is 0.250. The van der Waals surface area contributed by atoms with Gasteiger partial charge >= 0.3 is 0 Å². The number of hydrogen-bond acceptors (Lipinski definition) is 2. The number of aryl methyl sites for hydroxylation is 1. The molecule has 0 saturated carbocycles. The van der Waals surface area contributed by atoms with E-state index in [1.54, 1.807) is 7.11 Å². The fourth-order valence-corrected chi connectivity index (χ4v) is 2.93. The van der Waals surface area contributed by atoms with Crippen LogP contribution in [0.2, 0.25) is 0 Å². The number of amides is 1. The van der Waals surface area contributed by atoms with Gasteiger partial charge in [-0.3, -0.25) is 4.79 Å². The van der Waals surface area contributed by atoms with Crippen LogP contribution in [-0.2, 0) is 17.8 Å². The molecule has 1 heterocycles. The highest BCUT2D eigenvalue weighted by molar-refractivity contribution is 5.84. The van der Waals surface area contributed by atoms with Crippen molar-refractivity contribution in [2.45, 2.75) is 19.9 Å². The highest BCUT2D eigenvalue weighted by atomic mass is 16.5. The van der Waals surface area contributed by atoms with Gasteiger partial charge in [0, 0.05) is 17.8 Å². The average molecular weight is 322 g/mol. The lowest BCUT2D eigenvalue weighted by atomic mass is 10.1. The summed E-state index contributed by atoms with van der Waals surface area (Å²) in [6.07, 6.45) is 0.786. The summed E-state index contributed by atoms with van der Waals surface area (Å²) in [6, 6.07) is 18.2. The Bertz CT molecular complexity index is 852. The van der Waals surface area contributed by atoms with Crippen LogP contribution in [0.1, 0.15) is 11.3 Å². The van der Waals surface area contributed by atoms with Crippen LogP contribution in [0.3, 0.4) is 0 Å². The van der Waals surface area contributed by atoms with Crippen molar-refractivity contribution in [3.05, 3.63) is 65.9 Å². The van der Waals surface area contributed by atoms with E-state index in [4.69, 9.17) is 4.74 Å². The van der Waals surface area contributed by atoms with Crippen LogP contribution in [-0.4, -0.2) is 24.1 Å². The van der Waals surface area contributed by atoms with E-state index in [0.29, 0.717) is 13.1 Å². The number of para-hydroxylation sites is 1. The van der Waals surface area contributed by atoms with Gasteiger partial charge in [-0.2, -0.15) is 0 Å². The number of benzene rings is 2. The molecule has 1 amide bonds. The predicted octanol–water partition coefficient (Wildman–Crippen LogP) is 3.32. The smallest absolute Gasteiger partial charge is 0.239 e. The zero-order valence-corrected chi connectivity index (χ0v) is 14.1. The van der Waals surface area contributed by atoms with Crippen molar-refractivity contribution < 1.29 is 9.53 Å². The molecular formula is C20H22N2O2. The summed E-state index contributed by atoms with van der Waals surface area (Å²) < 4.78 is 7.27. The second-order valence-electron chi connectivity index (χ2n) is 5.88. The van der Waals surface area contributed by atoms with Gasteiger partial charge in [0.25, 0.3) is 0 Å². The molecule has 0 aliphatic carbocycles. The molecule has 0 aliphatic rings. The second kappa shape index (κ2) is 7.21. The summed E-state index contributed by atoms with van der Waals surface area (Å²) >= 11 is 0. The van der Waals surface area contributed by atoms with Crippen molar-refractivity contribution in [3.63, 3.8) is 0 Å². The molecule has 4 heteroatoms. The molecule has 0 spiro atoms. The number of rotatable bonds is 6. The Kier molecular flexibility index (Phi) is 4.85. The number of fused-ring (bicyclic) bond motifs is 1. The van der Waals surface area contributed by atoms with Gasteiger partial charge in [0.2, 0.25) is 5.91 Å². The molecule has 3 aromatic rings. The highest BCUT2D eigenvalue weighted by Crippen LogP contribution is 2.18. The van der Waals surface area contributed by atoms with Crippen molar-refractivity contribution >= 4 is 16.8 Å². The Hall–Kier alpha value is -2.75. The van der Waals surface area contributed by atoms with E-state index in [0.717, 1.165) is 28.9 Å². The van der Waals surface area contributed by atoms with E-state index in [2.05, 4.69) is 22.0 Å². The molecule has 0 unspecified atom stereocenters. The first kappa shape index (κ1) is 16.1. The third kappa shape index (κ3) is 3.59. The van der Waals surface area contributed by atoms with E-state index < -0.39 is 0 Å². The van der Waals surface area contributed by atoms with Crippen LogP contribution in [0.4, 0.5) is 0 Å². The van der Waals surface area contributed by atoms with E-state index in [1.165, 1.54) is 5.39 Å². The first-order valence-corrected chi connectivity index (χ1v) is 8.12. The minimum Gasteiger partial charge on any atom is -0.497 e. The topological polar surface area (TPSA) is 43.3 Å². The maximum Gasteiger partial charge on any atom is 0.239 e. The van der Waals surface area contributed by atoms with Crippen molar-refractivity contribution in [1.82, 2.24) is 9.88 Å². The summed E-state index contributed by atoms with van der Waals surface area (Å²) in [6.45, 7) is 2.99. The molecule has 4 nitrogen and oxygen atoms in total. The molecule has 124 valence electrons. The Morgan fingerprint density at radius 2 is 1.96 bits per heavy atom. The quantitative estimate of drug-likeness (QED) is 0.756. The molecular weight excluding hydrogens is 300 g/mol. The summed E-state index contributed by atoms with van der Waals surface area (Å²) in [5, 5.41) is 4.16. The number of nitrogens with zero attached hydrogens (tertiary/aromatic N) is 1. The van der Waals surface area contributed by atoms with Crippen LogP contribution >= 0.6 is 0 Å². The Labute approximate surface area is 142 Å². The van der Waals surface area contributed by atoms with Gasteiger partial charge in [0.05, 0.1) is 7.11 Å². The average Bonchev–Trinajstić information content (AvgIpc) is 2.91. The summed E-state index contributed by atoms with van der Waals surface area (Å²) in [5.74, 6) is 0.871. The van der Waals surface area contributed by atoms with Crippen LogP contribution in [0, 0.1) is 6.92 Å². The summed E-state index contributed by atoms with van der Waals surface area (Å²) in [7, 11) is 1.66. The first-order chi connectivity index (χ1) is 11.7. The number of ether oxygens (including phenoxy) is 1. The number of methoxy groups -OCH3 is 1. The molecule has 24 heavy (non-hydrogen) atoms. The molecule has 1 N–H and O–H groups in total. The van der Waals surface area contributed by atoms with Gasteiger partial charge in [0.1, 0.15) is 12.3 Å². The van der Waals surface area contributed by atoms with Gasteiger partial charge in [-0.25, -0.2) is 0 Å². The van der Waals surface area contributed by atoms with Crippen molar-refractivity contribution in [2.24, 2.45) is 0 Å². The first-order valence-electron chi connectivity index (χ1n) is 8.12. The Balaban J connectivity index is 1.58. The van der Waals surface area contributed by atoms with E-state index in [9.17, 15) is 4.79 Å². The molecule has 0 aliphatic heterocycles. The number of carbonyl (C=O) groups excluding carboxylic acids is 1. The summed E-state index contributed by atoms with van der Waals surface area (Å²) in [4.78, 5) is 12.3. The molecule has 0 atom stereocenters. The lowest BCUT2D eigenvalue weighted by Crippen LogP contribution is -2.29. The zero-order chi connectivity index (χ0) is 16.9. The molecule has 0 radical (unpaired) electrons. The number of nitrogens with one attached hydrogen (secondary N) is 1. The van der Waals surface area contributed by atoms with Gasteiger partial charge < -0.3 is 14.6 Å². The van der Waals surface area contributed by atoms with Crippen molar-refractivity contribution in [2.75, 3.05) is 13.7 Å². The minimum atomic E-state index is 0.0300. The van der Waals surface area contributed by atoms with Gasteiger partial charge in [-0.05, 0) is 48.6 Å². The fourth-order valence-electron chi connectivity index (χ4n) is 2.93. The van der Waals surface area contributed by atoms with Gasteiger partial charge in [0.15, 0.2) is 0 Å². The van der Waals surface area contributed by atoms with E-state index in [-0.39, 0.29) is 5.91 Å². The largest absolute Gasteiger partial charge is 0.497 e. The molecule has 1 aromatic heterocycles. The highest BCUT2D eigenvalue weighted by Gasteiger charge is 2.09. The Morgan fingerprint density at radius 3 is 2.79 bits per heavy atom. The lowest BCUT2D eigenvalue weighted by Gasteiger charge is -2.10. The monoisotopic (exact) mass is 322 g/mol. The molecule has 0 fully saturated rings. The predicted molar refractivity (Wildman–Crippen MR) is 96.4 cm³/mol. The molecule has 3 rings (SSSR count). The number of hydrogen-bond donors (Lipinski definition) is 1. The Morgan fingerprint density at radius 1 is 1.12 bits per heavy atom. The maximum absolute atomic E-state index is 12.3. The number of aromatic nitrogens is 1. The minimum absolute atomic E-state index is 0.0300. The zero-order valence-electron chi connectivity index (χ0n) is 14.1. The van der Waals surface area contributed by atoms with Crippen molar-refractivity contribution in [3.8, 4) is 5.75 Å². The van der Waals surface area contributed by atoms with Crippen LogP contribution in [0.5, 0.6) is 5.75 Å². The van der Waals surface area contributed by atoms with Gasteiger partial charge in [-0.15, -0.1) is 0 Å².